The number of aromatic nitrogens is 3. The van der Waals surface area contributed by atoms with Crippen molar-refractivity contribution in [3.05, 3.63) is 65.7 Å². The van der Waals surface area contributed by atoms with Gasteiger partial charge < -0.3 is 0 Å². The molecule has 0 saturated carbocycles. The minimum Gasteiger partial charge on any atom is -0.294 e. The molecule has 0 aliphatic rings. The summed E-state index contributed by atoms with van der Waals surface area (Å²) < 4.78 is -3.60. The molecule has 3 rings (SSSR count). The fourth-order valence-corrected chi connectivity index (χ4v) is 4.51. The van der Waals surface area contributed by atoms with Gasteiger partial charge in [-0.15, -0.1) is 0 Å². The largest absolute Gasteiger partial charge is 0.294 e. The second-order valence-electron chi connectivity index (χ2n) is 6.26. The first kappa shape index (κ1) is 24.8. The zero-order valence-electron chi connectivity index (χ0n) is 15.8. The molecule has 0 amide bonds. The molecule has 1 heterocycles. The van der Waals surface area contributed by atoms with E-state index in [2.05, 4.69) is 15.0 Å². The maximum Gasteiger partial charge on any atom is 0.216 e. The third-order valence-corrected chi connectivity index (χ3v) is 6.49. The Kier molecular flexibility index (Phi) is 8.02. The van der Waals surface area contributed by atoms with Crippen molar-refractivity contribution >= 4 is 87.2 Å². The van der Waals surface area contributed by atoms with E-state index in [-0.39, 0.29) is 11.3 Å². The fraction of sp³-hybridized carbons (Fsp3) is 0.200. The molecule has 0 saturated heterocycles. The lowest BCUT2D eigenvalue weighted by Gasteiger charge is -2.22. The van der Waals surface area contributed by atoms with Gasteiger partial charge in [0.2, 0.25) is 7.59 Å². The normalized spacial score (nSPS) is 12.1. The molecule has 0 spiro atoms. The summed E-state index contributed by atoms with van der Waals surface area (Å²) in [6.45, 7) is 1.81. The zero-order chi connectivity index (χ0) is 22.8. The summed E-state index contributed by atoms with van der Waals surface area (Å²) in [6.07, 6.45) is 3.10. The Morgan fingerprint density at radius 1 is 0.935 bits per heavy atom. The van der Waals surface area contributed by atoms with E-state index in [4.69, 9.17) is 69.6 Å². The molecule has 0 N–H and O–H groups in total. The van der Waals surface area contributed by atoms with E-state index >= 15 is 0 Å². The molecule has 2 aromatic carbocycles. The predicted molar refractivity (Wildman–Crippen MR) is 129 cm³/mol. The van der Waals surface area contributed by atoms with Crippen molar-refractivity contribution in [1.29, 1.82) is 0 Å². The summed E-state index contributed by atoms with van der Waals surface area (Å²) in [5, 5.41) is 0. The maximum atomic E-state index is 11.9. The highest BCUT2D eigenvalue weighted by Crippen LogP contribution is 2.50. The second kappa shape index (κ2) is 10.0. The van der Waals surface area contributed by atoms with Crippen LogP contribution in [0.1, 0.15) is 34.8 Å². The van der Waals surface area contributed by atoms with Gasteiger partial charge in [-0.3, -0.25) is 4.79 Å². The summed E-state index contributed by atoms with van der Waals surface area (Å²) in [6, 6.07) is 10.3. The molecule has 0 unspecified atom stereocenters. The maximum absolute atomic E-state index is 11.9. The number of carbonyl (C=O) groups excluding carboxylic acids is 1. The lowest BCUT2D eigenvalue weighted by atomic mass is 10.0. The number of halogens is 6. The van der Waals surface area contributed by atoms with E-state index in [0.29, 0.717) is 33.8 Å². The molecular weight excluding hydrogens is 543 g/mol. The molecule has 4 nitrogen and oxygen atoms in total. The third kappa shape index (κ3) is 6.17. The Balaban J connectivity index is 2.20. The summed E-state index contributed by atoms with van der Waals surface area (Å²) in [4.78, 5) is 25.6. The van der Waals surface area contributed by atoms with Gasteiger partial charge in [-0.05, 0) is 24.3 Å². The number of ketones is 1. The SMILES string of the molecule is CCC(=O)c1ccc(Sc2cc(C(Cl)(Cl)Cl)cc(C(Cl)(Cl)Cl)c2-c2ncncn2)cc1. The molecule has 0 bridgehead atoms. The van der Waals surface area contributed by atoms with Crippen molar-refractivity contribution in [2.24, 2.45) is 0 Å². The number of hydrogen-bond donors (Lipinski definition) is 0. The first-order chi connectivity index (χ1) is 14.5. The van der Waals surface area contributed by atoms with Gasteiger partial charge in [0, 0.05) is 38.5 Å². The Labute approximate surface area is 213 Å². The van der Waals surface area contributed by atoms with Crippen molar-refractivity contribution in [1.82, 2.24) is 15.0 Å². The first-order valence-electron chi connectivity index (χ1n) is 8.76. The highest BCUT2D eigenvalue weighted by molar-refractivity contribution is 7.99. The van der Waals surface area contributed by atoms with E-state index in [1.807, 2.05) is 19.1 Å². The summed E-state index contributed by atoms with van der Waals surface area (Å²) in [5.74, 6) is 0.353. The average molecular weight is 556 g/mol. The van der Waals surface area contributed by atoms with Crippen LogP contribution in [0.2, 0.25) is 0 Å². The van der Waals surface area contributed by atoms with E-state index in [1.165, 1.54) is 30.5 Å². The lowest BCUT2D eigenvalue weighted by Crippen LogP contribution is -2.10. The van der Waals surface area contributed by atoms with Crippen LogP contribution in [0.15, 0.2) is 58.8 Å². The molecule has 0 aliphatic heterocycles. The Bertz CT molecular complexity index is 1080. The third-order valence-electron chi connectivity index (χ3n) is 4.18. The Morgan fingerprint density at radius 3 is 2.06 bits per heavy atom. The monoisotopic (exact) mass is 553 g/mol. The van der Waals surface area contributed by atoms with E-state index in [0.717, 1.165) is 4.90 Å². The smallest absolute Gasteiger partial charge is 0.216 e. The highest BCUT2D eigenvalue weighted by Gasteiger charge is 2.34. The van der Waals surface area contributed by atoms with Gasteiger partial charge in [0.05, 0.1) is 0 Å². The number of hydrogen-bond acceptors (Lipinski definition) is 5. The van der Waals surface area contributed by atoms with Crippen LogP contribution in [-0.2, 0) is 7.59 Å². The molecule has 11 heteroatoms. The molecule has 0 radical (unpaired) electrons. The van der Waals surface area contributed by atoms with Crippen LogP contribution in [0, 0.1) is 0 Å². The average Bonchev–Trinajstić information content (AvgIpc) is 2.72. The van der Waals surface area contributed by atoms with Gasteiger partial charge in [-0.25, -0.2) is 15.0 Å². The molecule has 3 aromatic rings. The standard InChI is InChI=1S/C20H13Cl6N3OS/c1-2-15(30)11-3-5-13(6-4-11)31-16-8-12(19(21,22)23)7-14(20(24,25)26)17(16)18-28-9-27-10-29-18/h3-10H,2H2,1H3. The van der Waals surface area contributed by atoms with Crippen molar-refractivity contribution in [3.8, 4) is 11.4 Å². The summed E-state index contributed by atoms with van der Waals surface area (Å²) in [7, 11) is 0. The van der Waals surface area contributed by atoms with Crippen LogP contribution < -0.4 is 0 Å². The number of rotatable bonds is 5. The number of benzene rings is 2. The van der Waals surface area contributed by atoms with Crippen LogP contribution in [0.4, 0.5) is 0 Å². The van der Waals surface area contributed by atoms with Crippen molar-refractivity contribution in [2.45, 2.75) is 30.7 Å². The molecule has 31 heavy (non-hydrogen) atoms. The van der Waals surface area contributed by atoms with Crippen LogP contribution >= 0.6 is 81.4 Å². The molecule has 0 fully saturated rings. The van der Waals surface area contributed by atoms with Gasteiger partial charge in [-0.2, -0.15) is 0 Å². The topological polar surface area (TPSA) is 55.7 Å². The van der Waals surface area contributed by atoms with Crippen LogP contribution in [-0.4, -0.2) is 20.7 Å². The van der Waals surface area contributed by atoms with Crippen molar-refractivity contribution < 1.29 is 4.79 Å². The van der Waals surface area contributed by atoms with Crippen LogP contribution in [0.5, 0.6) is 0 Å². The minimum atomic E-state index is -1.85. The zero-order valence-corrected chi connectivity index (χ0v) is 21.1. The first-order valence-corrected chi connectivity index (χ1v) is 11.8. The van der Waals surface area contributed by atoms with Gasteiger partial charge in [0.15, 0.2) is 11.6 Å². The van der Waals surface area contributed by atoms with E-state index in [1.54, 1.807) is 18.2 Å². The van der Waals surface area contributed by atoms with Crippen LogP contribution in [0.3, 0.4) is 0 Å². The van der Waals surface area contributed by atoms with Crippen LogP contribution in [0.25, 0.3) is 11.4 Å². The summed E-state index contributed by atoms with van der Waals surface area (Å²) in [5.41, 5.74) is 1.67. The van der Waals surface area contributed by atoms with Gasteiger partial charge >= 0.3 is 0 Å². The predicted octanol–water partition coefficient (Wildman–Crippen LogP) is 7.94. The van der Waals surface area contributed by atoms with Crippen molar-refractivity contribution in [3.63, 3.8) is 0 Å². The van der Waals surface area contributed by atoms with Gasteiger partial charge in [0.25, 0.3) is 0 Å². The quantitative estimate of drug-likeness (QED) is 0.236. The van der Waals surface area contributed by atoms with Gasteiger partial charge in [0.1, 0.15) is 12.7 Å². The van der Waals surface area contributed by atoms with Crippen molar-refractivity contribution in [2.75, 3.05) is 0 Å². The summed E-state index contributed by atoms with van der Waals surface area (Å²) >= 11 is 38.5. The Morgan fingerprint density at radius 2 is 1.55 bits per heavy atom. The molecule has 0 aliphatic carbocycles. The fourth-order valence-electron chi connectivity index (χ4n) is 2.72. The minimum absolute atomic E-state index is 0.0547. The molecule has 162 valence electrons. The van der Waals surface area contributed by atoms with Gasteiger partial charge in [-0.1, -0.05) is 100 Å². The van der Waals surface area contributed by atoms with E-state index in [9.17, 15) is 4.79 Å². The Hall–Kier alpha value is -0.790. The van der Waals surface area contributed by atoms with E-state index < -0.39 is 7.59 Å². The lowest BCUT2D eigenvalue weighted by molar-refractivity contribution is 0.0988. The number of alkyl halides is 6. The second-order valence-corrected chi connectivity index (χ2v) is 11.9. The number of nitrogens with zero attached hydrogens (tertiary/aromatic N) is 3. The molecule has 0 atom stereocenters. The number of carbonyl (C=O) groups is 1. The number of Topliss-reactive ketones (excluding diaryl/α,β-unsaturated/α-hetero) is 1. The highest BCUT2D eigenvalue weighted by atomic mass is 35.6. The molecular formula is C20H13Cl6N3OS. The molecule has 1 aromatic heterocycles.